The van der Waals surface area contributed by atoms with Crippen LogP contribution in [0.1, 0.15) is 15.9 Å². The summed E-state index contributed by atoms with van der Waals surface area (Å²) in [7, 11) is 2.35. The number of nitrogens with one attached hydrogen (secondary N) is 1. The number of carbonyl (C=O) groups is 1. The van der Waals surface area contributed by atoms with E-state index in [0.717, 1.165) is 9.87 Å². The molecule has 0 fully saturated rings. The predicted molar refractivity (Wildman–Crippen MR) is 116 cm³/mol. The molecule has 0 unspecified atom stereocenters. The van der Waals surface area contributed by atoms with Crippen molar-refractivity contribution >= 4 is 21.7 Å². The minimum absolute atomic E-state index is 0.0415. The van der Waals surface area contributed by atoms with E-state index in [9.17, 15) is 13.2 Å². The molecule has 3 rings (SSSR count). The Hall–Kier alpha value is -3.37. The fourth-order valence-electron chi connectivity index (χ4n) is 3.00. The molecule has 0 aliphatic heterocycles. The van der Waals surface area contributed by atoms with Crippen molar-refractivity contribution in [3.05, 3.63) is 65.9 Å². The zero-order valence-electron chi connectivity index (χ0n) is 17.7. The first-order chi connectivity index (χ1) is 14.8. The summed E-state index contributed by atoms with van der Waals surface area (Å²) in [5.41, 5.74) is 1.04. The van der Waals surface area contributed by atoms with E-state index in [2.05, 4.69) is 10.4 Å². The second-order valence-corrected chi connectivity index (χ2v) is 8.95. The largest absolute Gasteiger partial charge is 0.493 e. The summed E-state index contributed by atoms with van der Waals surface area (Å²) in [4.78, 5) is 12.8. The zero-order valence-corrected chi connectivity index (χ0v) is 18.5. The Balaban J connectivity index is 1.84. The number of anilines is 1. The van der Waals surface area contributed by atoms with Crippen LogP contribution in [-0.2, 0) is 16.6 Å². The van der Waals surface area contributed by atoms with Crippen LogP contribution in [0.3, 0.4) is 0 Å². The van der Waals surface area contributed by atoms with Gasteiger partial charge in [0.15, 0.2) is 11.5 Å². The minimum Gasteiger partial charge on any atom is -0.493 e. The average Bonchev–Trinajstić information content (AvgIpc) is 3.19. The van der Waals surface area contributed by atoms with Gasteiger partial charge in [0.25, 0.3) is 5.91 Å². The molecule has 0 saturated carbocycles. The van der Waals surface area contributed by atoms with Crippen LogP contribution in [0, 0.1) is 0 Å². The van der Waals surface area contributed by atoms with Crippen molar-refractivity contribution in [2.75, 3.05) is 33.6 Å². The number of ether oxygens (including phenoxy) is 2. The van der Waals surface area contributed by atoms with Crippen LogP contribution in [0.4, 0.5) is 5.82 Å². The highest BCUT2D eigenvalue weighted by atomic mass is 32.2. The van der Waals surface area contributed by atoms with Gasteiger partial charge in [-0.2, -0.15) is 5.10 Å². The number of methoxy groups -OCH3 is 2. The van der Waals surface area contributed by atoms with Gasteiger partial charge in [0.2, 0.25) is 10.0 Å². The molecule has 1 heterocycles. The molecule has 3 aromatic rings. The lowest BCUT2D eigenvalue weighted by Crippen LogP contribution is -2.23. The number of para-hydroxylation sites is 1. The number of amides is 1. The standard InChI is InChI=1S/C21H24N4O5S/c1-24(2)31(27,28)17-9-5-7-15(13-17)21(26)23-19-11-12-22-25(19)14-16-8-6-10-18(29-3)20(16)30-4/h5-13H,14H2,1-4H3,(H,23,26). The van der Waals surface area contributed by atoms with Crippen LogP contribution in [-0.4, -0.2) is 56.7 Å². The molecule has 10 heteroatoms. The van der Waals surface area contributed by atoms with Crippen LogP contribution in [0.5, 0.6) is 11.5 Å². The van der Waals surface area contributed by atoms with Crippen LogP contribution in [0.25, 0.3) is 0 Å². The maximum atomic E-state index is 12.8. The normalized spacial score (nSPS) is 11.4. The fraction of sp³-hybridized carbons (Fsp3) is 0.238. The number of benzene rings is 2. The van der Waals surface area contributed by atoms with Gasteiger partial charge in [-0.3, -0.25) is 4.79 Å². The van der Waals surface area contributed by atoms with Crippen molar-refractivity contribution in [3.63, 3.8) is 0 Å². The van der Waals surface area contributed by atoms with Gasteiger partial charge < -0.3 is 14.8 Å². The van der Waals surface area contributed by atoms with Crippen LogP contribution >= 0.6 is 0 Å². The molecular weight excluding hydrogens is 420 g/mol. The Morgan fingerprint density at radius 3 is 2.52 bits per heavy atom. The molecule has 1 N–H and O–H groups in total. The summed E-state index contributed by atoms with van der Waals surface area (Å²) >= 11 is 0. The third-order valence-electron chi connectivity index (χ3n) is 4.64. The third kappa shape index (κ3) is 4.70. The number of hydrogen-bond acceptors (Lipinski definition) is 6. The molecular formula is C21H24N4O5S. The minimum atomic E-state index is -3.65. The highest BCUT2D eigenvalue weighted by Crippen LogP contribution is 2.31. The van der Waals surface area contributed by atoms with E-state index in [4.69, 9.17) is 9.47 Å². The topological polar surface area (TPSA) is 103 Å². The highest BCUT2D eigenvalue weighted by Gasteiger charge is 2.19. The number of hydrogen-bond donors (Lipinski definition) is 1. The Morgan fingerprint density at radius 1 is 1.10 bits per heavy atom. The van der Waals surface area contributed by atoms with E-state index < -0.39 is 15.9 Å². The second-order valence-electron chi connectivity index (χ2n) is 6.80. The number of rotatable bonds is 8. The van der Waals surface area contributed by atoms with Crippen LogP contribution in [0.15, 0.2) is 59.6 Å². The van der Waals surface area contributed by atoms with Crippen molar-refractivity contribution in [1.82, 2.24) is 14.1 Å². The lowest BCUT2D eigenvalue weighted by molar-refractivity contribution is 0.102. The number of nitrogens with zero attached hydrogens (tertiary/aromatic N) is 3. The maximum absolute atomic E-state index is 12.8. The van der Waals surface area contributed by atoms with E-state index in [1.807, 2.05) is 12.1 Å². The van der Waals surface area contributed by atoms with E-state index >= 15 is 0 Å². The summed E-state index contributed by atoms with van der Waals surface area (Å²) in [6.07, 6.45) is 1.56. The second kappa shape index (κ2) is 9.19. The van der Waals surface area contributed by atoms with Gasteiger partial charge in [-0.15, -0.1) is 0 Å². The molecule has 0 saturated heterocycles. The van der Waals surface area contributed by atoms with E-state index in [1.54, 1.807) is 43.3 Å². The average molecular weight is 445 g/mol. The molecule has 0 bridgehead atoms. The van der Waals surface area contributed by atoms with Gasteiger partial charge in [0.1, 0.15) is 5.82 Å². The van der Waals surface area contributed by atoms with Gasteiger partial charge in [-0.25, -0.2) is 17.4 Å². The molecule has 0 spiro atoms. The van der Waals surface area contributed by atoms with Gasteiger partial charge in [0, 0.05) is 31.3 Å². The van der Waals surface area contributed by atoms with Crippen molar-refractivity contribution in [2.24, 2.45) is 0 Å². The lowest BCUT2D eigenvalue weighted by Gasteiger charge is -2.15. The van der Waals surface area contributed by atoms with Crippen molar-refractivity contribution in [2.45, 2.75) is 11.4 Å². The van der Waals surface area contributed by atoms with E-state index in [0.29, 0.717) is 23.9 Å². The Kier molecular flexibility index (Phi) is 6.62. The number of carbonyl (C=O) groups excluding carboxylic acids is 1. The first kappa shape index (κ1) is 22.3. The molecule has 31 heavy (non-hydrogen) atoms. The molecule has 0 atom stereocenters. The molecule has 9 nitrogen and oxygen atoms in total. The fourth-order valence-corrected chi connectivity index (χ4v) is 3.95. The summed E-state index contributed by atoms with van der Waals surface area (Å²) in [6, 6.07) is 13.1. The lowest BCUT2D eigenvalue weighted by atomic mass is 10.2. The van der Waals surface area contributed by atoms with Crippen molar-refractivity contribution in [3.8, 4) is 11.5 Å². The summed E-state index contributed by atoms with van der Waals surface area (Å²) < 4.78 is 38.2. The quantitative estimate of drug-likeness (QED) is 0.573. The third-order valence-corrected chi connectivity index (χ3v) is 6.45. The highest BCUT2D eigenvalue weighted by molar-refractivity contribution is 7.89. The van der Waals surface area contributed by atoms with Gasteiger partial charge >= 0.3 is 0 Å². The first-order valence-corrected chi connectivity index (χ1v) is 10.8. The molecule has 1 aromatic heterocycles. The number of sulfonamides is 1. The van der Waals surface area contributed by atoms with Crippen LogP contribution in [0.2, 0.25) is 0 Å². The summed E-state index contributed by atoms with van der Waals surface area (Å²) in [5.74, 6) is 1.18. The molecule has 0 aliphatic carbocycles. The SMILES string of the molecule is COc1cccc(Cn2nccc2NC(=O)c2cccc(S(=O)(=O)N(C)C)c2)c1OC. The smallest absolute Gasteiger partial charge is 0.256 e. The monoisotopic (exact) mass is 444 g/mol. The summed E-state index contributed by atoms with van der Waals surface area (Å²) in [5, 5.41) is 7.05. The van der Waals surface area contributed by atoms with Crippen LogP contribution < -0.4 is 14.8 Å². The van der Waals surface area contributed by atoms with Crippen molar-refractivity contribution < 1.29 is 22.7 Å². The predicted octanol–water partition coefficient (Wildman–Crippen LogP) is 2.45. The Labute approximate surface area is 181 Å². The zero-order chi connectivity index (χ0) is 22.6. The molecule has 0 radical (unpaired) electrons. The summed E-state index contributed by atoms with van der Waals surface area (Å²) in [6.45, 7) is 0.331. The van der Waals surface area contributed by atoms with Gasteiger partial charge in [-0.05, 0) is 24.3 Å². The Morgan fingerprint density at radius 2 is 1.84 bits per heavy atom. The molecule has 2 aromatic carbocycles. The first-order valence-electron chi connectivity index (χ1n) is 9.33. The molecule has 164 valence electrons. The Bertz CT molecular complexity index is 1190. The number of aromatic nitrogens is 2. The van der Waals surface area contributed by atoms with Gasteiger partial charge in [0.05, 0.1) is 31.9 Å². The van der Waals surface area contributed by atoms with Gasteiger partial charge in [-0.1, -0.05) is 18.2 Å². The maximum Gasteiger partial charge on any atom is 0.256 e. The molecule has 1 amide bonds. The van der Waals surface area contributed by atoms with E-state index in [-0.39, 0.29) is 10.5 Å². The van der Waals surface area contributed by atoms with E-state index in [1.165, 1.54) is 32.3 Å². The van der Waals surface area contributed by atoms with Crippen molar-refractivity contribution in [1.29, 1.82) is 0 Å². The molecule has 0 aliphatic rings.